The normalized spacial score (nSPS) is 12.7. The van der Waals surface area contributed by atoms with Crippen molar-refractivity contribution in [3.8, 4) is 11.3 Å². The Morgan fingerprint density at radius 3 is 2.62 bits per heavy atom. The van der Waals surface area contributed by atoms with E-state index in [2.05, 4.69) is 20.9 Å². The highest BCUT2D eigenvalue weighted by Gasteiger charge is 2.16. The number of rotatable bonds is 4. The Labute approximate surface area is 171 Å². The number of aromatic nitrogens is 1. The summed E-state index contributed by atoms with van der Waals surface area (Å²) < 4.78 is 0. The monoisotopic (exact) mass is 406 g/mol. The van der Waals surface area contributed by atoms with Gasteiger partial charge in [-0.05, 0) is 48.4 Å². The van der Waals surface area contributed by atoms with Crippen molar-refractivity contribution in [3.05, 3.63) is 59.0 Å². The Hall–Kier alpha value is -3.52. The smallest absolute Gasteiger partial charge is 0.257 e. The van der Waals surface area contributed by atoms with Gasteiger partial charge < -0.3 is 10.6 Å². The summed E-state index contributed by atoms with van der Waals surface area (Å²) in [6.45, 7) is 1.43. The fourth-order valence-corrected chi connectivity index (χ4v) is 3.80. The minimum Gasteiger partial charge on any atom is -0.326 e. The summed E-state index contributed by atoms with van der Waals surface area (Å²) in [6, 6.07) is 12.5. The van der Waals surface area contributed by atoms with Crippen LogP contribution in [-0.4, -0.2) is 22.7 Å². The summed E-state index contributed by atoms with van der Waals surface area (Å²) in [4.78, 5) is 39.5. The molecule has 4 rings (SSSR count). The quantitative estimate of drug-likeness (QED) is 0.612. The summed E-state index contributed by atoms with van der Waals surface area (Å²) in [5, 5.41) is 10.7. The maximum absolute atomic E-state index is 12.4. The Balaban J connectivity index is 1.46. The van der Waals surface area contributed by atoms with Gasteiger partial charge in [-0.1, -0.05) is 6.07 Å². The molecule has 1 aliphatic rings. The zero-order valence-electron chi connectivity index (χ0n) is 15.6. The molecule has 7 nitrogen and oxygen atoms in total. The van der Waals surface area contributed by atoms with Crippen LogP contribution < -0.4 is 16.0 Å². The molecule has 29 heavy (non-hydrogen) atoms. The van der Waals surface area contributed by atoms with Gasteiger partial charge in [0, 0.05) is 41.2 Å². The van der Waals surface area contributed by atoms with Crippen LogP contribution in [0.4, 0.5) is 16.5 Å². The molecule has 3 N–H and O–H groups in total. The van der Waals surface area contributed by atoms with Gasteiger partial charge in [0.25, 0.3) is 5.91 Å². The third-order valence-corrected chi connectivity index (χ3v) is 5.25. The van der Waals surface area contributed by atoms with Gasteiger partial charge in [-0.3, -0.25) is 19.7 Å². The number of carbonyl (C=O) groups excluding carboxylic acids is 3. The van der Waals surface area contributed by atoms with E-state index in [9.17, 15) is 14.4 Å². The second-order valence-electron chi connectivity index (χ2n) is 6.67. The predicted molar refractivity (Wildman–Crippen MR) is 113 cm³/mol. The fourth-order valence-electron chi connectivity index (χ4n) is 3.08. The van der Waals surface area contributed by atoms with Crippen LogP contribution in [0, 0.1) is 0 Å². The van der Waals surface area contributed by atoms with E-state index in [0.29, 0.717) is 29.2 Å². The lowest BCUT2D eigenvalue weighted by atomic mass is 9.99. The van der Waals surface area contributed by atoms with E-state index in [1.165, 1.54) is 18.3 Å². The van der Waals surface area contributed by atoms with E-state index in [0.717, 1.165) is 22.5 Å². The van der Waals surface area contributed by atoms with Crippen molar-refractivity contribution in [2.45, 2.75) is 19.8 Å². The average molecular weight is 406 g/mol. The molecule has 0 radical (unpaired) electrons. The molecule has 146 valence electrons. The van der Waals surface area contributed by atoms with Gasteiger partial charge in [0.05, 0.1) is 5.69 Å². The zero-order valence-corrected chi connectivity index (χ0v) is 16.4. The largest absolute Gasteiger partial charge is 0.326 e. The highest BCUT2D eigenvalue weighted by Crippen LogP contribution is 2.30. The van der Waals surface area contributed by atoms with Crippen molar-refractivity contribution in [1.29, 1.82) is 0 Å². The number of hydrogen-bond donors (Lipinski definition) is 3. The molecule has 0 saturated heterocycles. The first-order valence-electron chi connectivity index (χ1n) is 9.05. The van der Waals surface area contributed by atoms with E-state index in [1.54, 1.807) is 24.3 Å². The first-order chi connectivity index (χ1) is 14.0. The molecule has 0 spiro atoms. The van der Waals surface area contributed by atoms with Crippen LogP contribution in [0.15, 0.2) is 47.8 Å². The molecule has 3 aromatic rings. The molecule has 3 amide bonds. The number of benzene rings is 2. The Morgan fingerprint density at radius 1 is 1.07 bits per heavy atom. The van der Waals surface area contributed by atoms with Gasteiger partial charge in [-0.15, -0.1) is 11.3 Å². The highest BCUT2D eigenvalue weighted by atomic mass is 32.1. The molecule has 0 aliphatic carbocycles. The molecule has 1 aliphatic heterocycles. The topological polar surface area (TPSA) is 100 Å². The fraction of sp³-hybridized carbons (Fsp3) is 0.143. The van der Waals surface area contributed by atoms with E-state index in [-0.39, 0.29) is 17.7 Å². The van der Waals surface area contributed by atoms with Gasteiger partial charge in [0.1, 0.15) is 0 Å². The summed E-state index contributed by atoms with van der Waals surface area (Å²) in [6.07, 6.45) is 1.19. The summed E-state index contributed by atoms with van der Waals surface area (Å²) in [5.74, 6) is -0.399. The van der Waals surface area contributed by atoms with Crippen molar-refractivity contribution < 1.29 is 14.4 Å². The van der Waals surface area contributed by atoms with Crippen LogP contribution in [0.3, 0.4) is 0 Å². The van der Waals surface area contributed by atoms with Crippen LogP contribution >= 0.6 is 11.3 Å². The molecule has 0 atom stereocenters. The third kappa shape index (κ3) is 4.33. The number of nitrogens with one attached hydrogen (secondary N) is 3. The minimum absolute atomic E-state index is 0.0361. The number of fused-ring (bicyclic) bond motifs is 1. The zero-order chi connectivity index (χ0) is 20.4. The van der Waals surface area contributed by atoms with Gasteiger partial charge in [0.15, 0.2) is 5.13 Å². The van der Waals surface area contributed by atoms with Crippen LogP contribution in [-0.2, 0) is 16.0 Å². The summed E-state index contributed by atoms with van der Waals surface area (Å²) >= 11 is 1.35. The van der Waals surface area contributed by atoms with E-state index in [4.69, 9.17) is 0 Å². The molecular weight excluding hydrogens is 388 g/mol. The lowest BCUT2D eigenvalue weighted by molar-refractivity contribution is -0.116. The second-order valence-corrected chi connectivity index (χ2v) is 7.53. The maximum atomic E-state index is 12.4. The second kappa shape index (κ2) is 7.84. The van der Waals surface area contributed by atoms with Crippen LogP contribution in [0.5, 0.6) is 0 Å². The number of aryl methyl sites for hydroxylation is 1. The van der Waals surface area contributed by atoms with Crippen molar-refractivity contribution >= 4 is 45.6 Å². The van der Waals surface area contributed by atoms with Crippen molar-refractivity contribution in [2.24, 2.45) is 0 Å². The first-order valence-corrected chi connectivity index (χ1v) is 9.93. The Morgan fingerprint density at radius 2 is 1.86 bits per heavy atom. The lowest BCUT2D eigenvalue weighted by Crippen LogP contribution is -2.18. The SMILES string of the molecule is CC(=O)Nc1ccc(C(=O)Nc2nc(-c3ccc4c(c3)CCC(=O)N4)cs2)cc1. The van der Waals surface area contributed by atoms with Gasteiger partial charge >= 0.3 is 0 Å². The number of carbonyl (C=O) groups is 3. The number of nitrogens with zero attached hydrogens (tertiary/aromatic N) is 1. The number of hydrogen-bond acceptors (Lipinski definition) is 5. The van der Waals surface area contributed by atoms with E-state index >= 15 is 0 Å². The van der Waals surface area contributed by atoms with E-state index < -0.39 is 0 Å². The molecular formula is C21H18N4O3S. The van der Waals surface area contributed by atoms with Crippen molar-refractivity contribution in [2.75, 3.05) is 16.0 Å². The number of anilines is 3. The van der Waals surface area contributed by atoms with Crippen LogP contribution in [0.25, 0.3) is 11.3 Å². The molecule has 0 saturated carbocycles. The molecule has 0 fully saturated rings. The maximum Gasteiger partial charge on any atom is 0.257 e. The van der Waals surface area contributed by atoms with E-state index in [1.807, 2.05) is 23.6 Å². The first kappa shape index (κ1) is 18.8. The van der Waals surface area contributed by atoms with Gasteiger partial charge in [0.2, 0.25) is 11.8 Å². The molecule has 8 heteroatoms. The molecule has 2 aromatic carbocycles. The predicted octanol–water partition coefficient (Wildman–Crippen LogP) is 3.91. The highest BCUT2D eigenvalue weighted by molar-refractivity contribution is 7.14. The third-order valence-electron chi connectivity index (χ3n) is 4.49. The van der Waals surface area contributed by atoms with Crippen molar-refractivity contribution in [3.63, 3.8) is 0 Å². The summed E-state index contributed by atoms with van der Waals surface area (Å²) in [5.41, 5.74) is 4.74. The lowest BCUT2D eigenvalue weighted by Gasteiger charge is -2.17. The average Bonchev–Trinajstić information content (AvgIpc) is 3.16. The standard InChI is InChI=1S/C21H18N4O3S/c1-12(26)22-16-6-2-13(3-7-16)20(28)25-21-24-18(11-29-21)15-4-8-17-14(10-15)5-9-19(27)23-17/h2-4,6-8,10-11H,5,9H2,1H3,(H,22,26)(H,23,27)(H,24,25,28). The van der Waals surface area contributed by atoms with Gasteiger partial charge in [-0.2, -0.15) is 0 Å². The van der Waals surface area contributed by atoms with Crippen LogP contribution in [0.1, 0.15) is 29.3 Å². The Kier molecular flexibility index (Phi) is 5.09. The molecule has 0 unspecified atom stereocenters. The Bertz CT molecular complexity index is 1110. The summed E-state index contributed by atoms with van der Waals surface area (Å²) in [7, 11) is 0. The molecule has 1 aromatic heterocycles. The molecule has 2 heterocycles. The van der Waals surface area contributed by atoms with Crippen molar-refractivity contribution in [1.82, 2.24) is 4.98 Å². The van der Waals surface area contributed by atoms with Crippen LogP contribution in [0.2, 0.25) is 0 Å². The molecule has 0 bridgehead atoms. The number of thiazole rings is 1. The minimum atomic E-state index is -0.270. The van der Waals surface area contributed by atoms with Gasteiger partial charge in [-0.25, -0.2) is 4.98 Å². The number of amides is 3.